The first-order valence-electron chi connectivity index (χ1n) is 5.86. The van der Waals surface area contributed by atoms with Crippen LogP contribution in [0.1, 0.15) is 17.2 Å². The molecule has 0 spiro atoms. The van der Waals surface area contributed by atoms with Gasteiger partial charge in [0.05, 0.1) is 0 Å². The highest BCUT2D eigenvalue weighted by Gasteiger charge is 2.10. The molecule has 18 heavy (non-hydrogen) atoms. The summed E-state index contributed by atoms with van der Waals surface area (Å²) in [6.07, 6.45) is 1.00. The fourth-order valence-electron chi connectivity index (χ4n) is 1.97. The van der Waals surface area contributed by atoms with Crippen molar-refractivity contribution < 1.29 is 0 Å². The van der Waals surface area contributed by atoms with E-state index in [2.05, 4.69) is 92.4 Å². The summed E-state index contributed by atoms with van der Waals surface area (Å²) in [5.74, 6) is 0. The van der Waals surface area contributed by atoms with E-state index >= 15 is 0 Å². The Morgan fingerprint density at radius 1 is 1.17 bits per heavy atom. The zero-order valence-electron chi connectivity index (χ0n) is 10.2. The molecule has 1 unspecified atom stereocenters. The Morgan fingerprint density at radius 3 is 2.50 bits per heavy atom. The monoisotopic (exact) mass is 415 g/mol. The Kier molecular flexibility index (Phi) is 5.21. The Morgan fingerprint density at radius 2 is 1.89 bits per heavy atom. The number of nitrogens with one attached hydrogen (secondary N) is 1. The fraction of sp³-hybridized carbons (Fsp3) is 0.200. The summed E-state index contributed by atoms with van der Waals surface area (Å²) in [6, 6.07) is 17.5. The number of hydrogen-bond acceptors (Lipinski definition) is 1. The standard InChI is InChI=1S/C15H15BrIN/c1-18-15(12-3-2-4-14(17)10-12)9-11-5-7-13(16)8-6-11/h2-8,10,15,18H,9H2,1H3. The van der Waals surface area contributed by atoms with E-state index in [0.29, 0.717) is 6.04 Å². The molecule has 1 N–H and O–H groups in total. The van der Waals surface area contributed by atoms with Crippen LogP contribution in [0.25, 0.3) is 0 Å². The van der Waals surface area contributed by atoms with Crippen LogP contribution in [0.3, 0.4) is 0 Å². The van der Waals surface area contributed by atoms with Crippen molar-refractivity contribution in [1.29, 1.82) is 0 Å². The first kappa shape index (κ1) is 14.0. The van der Waals surface area contributed by atoms with Crippen LogP contribution < -0.4 is 5.32 Å². The van der Waals surface area contributed by atoms with Gasteiger partial charge < -0.3 is 5.32 Å². The van der Waals surface area contributed by atoms with Crippen molar-refractivity contribution in [3.63, 3.8) is 0 Å². The second kappa shape index (κ2) is 6.68. The molecule has 0 aromatic heterocycles. The van der Waals surface area contributed by atoms with Gasteiger partial charge in [-0.1, -0.05) is 40.2 Å². The van der Waals surface area contributed by atoms with Crippen LogP contribution in [0.2, 0.25) is 0 Å². The third kappa shape index (κ3) is 3.80. The first-order valence-corrected chi connectivity index (χ1v) is 7.73. The average molecular weight is 416 g/mol. The van der Waals surface area contributed by atoms with Gasteiger partial charge in [-0.05, 0) is 71.5 Å². The highest BCUT2D eigenvalue weighted by Crippen LogP contribution is 2.21. The summed E-state index contributed by atoms with van der Waals surface area (Å²) in [5.41, 5.74) is 2.68. The summed E-state index contributed by atoms with van der Waals surface area (Å²) >= 11 is 5.82. The second-order valence-electron chi connectivity index (χ2n) is 4.23. The van der Waals surface area contributed by atoms with E-state index in [1.54, 1.807) is 0 Å². The van der Waals surface area contributed by atoms with Crippen LogP contribution in [0, 0.1) is 3.57 Å². The fourth-order valence-corrected chi connectivity index (χ4v) is 2.80. The molecule has 0 bridgehead atoms. The number of benzene rings is 2. The van der Waals surface area contributed by atoms with Crippen LogP contribution in [-0.4, -0.2) is 7.05 Å². The lowest BCUT2D eigenvalue weighted by atomic mass is 9.99. The number of halogens is 2. The summed E-state index contributed by atoms with van der Waals surface area (Å²) < 4.78 is 2.41. The van der Waals surface area contributed by atoms with E-state index in [1.165, 1.54) is 14.7 Å². The van der Waals surface area contributed by atoms with E-state index in [0.717, 1.165) is 10.9 Å². The van der Waals surface area contributed by atoms with Crippen LogP contribution in [0.5, 0.6) is 0 Å². The Bertz CT molecular complexity index is 510. The summed E-state index contributed by atoms with van der Waals surface area (Å²) in [6.45, 7) is 0. The lowest BCUT2D eigenvalue weighted by molar-refractivity contribution is 0.592. The van der Waals surface area contributed by atoms with E-state index in [4.69, 9.17) is 0 Å². The molecule has 2 aromatic carbocycles. The van der Waals surface area contributed by atoms with Gasteiger partial charge in [0.15, 0.2) is 0 Å². The molecule has 1 atom stereocenters. The minimum Gasteiger partial charge on any atom is -0.313 e. The molecule has 94 valence electrons. The maximum atomic E-state index is 3.47. The summed E-state index contributed by atoms with van der Waals surface area (Å²) in [7, 11) is 2.02. The van der Waals surface area contributed by atoms with Gasteiger partial charge in [-0.2, -0.15) is 0 Å². The van der Waals surface area contributed by atoms with Gasteiger partial charge in [-0.3, -0.25) is 0 Å². The highest BCUT2D eigenvalue weighted by atomic mass is 127. The maximum Gasteiger partial charge on any atom is 0.0358 e. The predicted octanol–water partition coefficient (Wildman–Crippen LogP) is 4.56. The average Bonchev–Trinajstić information content (AvgIpc) is 2.38. The molecular formula is C15H15BrIN. The van der Waals surface area contributed by atoms with Crippen molar-refractivity contribution in [2.75, 3.05) is 7.05 Å². The molecule has 0 aliphatic rings. The lowest BCUT2D eigenvalue weighted by Crippen LogP contribution is -2.18. The first-order chi connectivity index (χ1) is 8.69. The van der Waals surface area contributed by atoms with Gasteiger partial charge in [0.25, 0.3) is 0 Å². The third-order valence-electron chi connectivity index (χ3n) is 2.95. The molecule has 0 fully saturated rings. The molecular weight excluding hydrogens is 401 g/mol. The van der Waals surface area contributed by atoms with E-state index in [-0.39, 0.29) is 0 Å². The minimum absolute atomic E-state index is 0.362. The largest absolute Gasteiger partial charge is 0.313 e. The Labute approximate surface area is 130 Å². The van der Waals surface area contributed by atoms with E-state index < -0.39 is 0 Å². The smallest absolute Gasteiger partial charge is 0.0358 e. The molecule has 1 nitrogen and oxygen atoms in total. The predicted molar refractivity (Wildman–Crippen MR) is 88.8 cm³/mol. The molecule has 0 saturated carbocycles. The summed E-state index contributed by atoms with van der Waals surface area (Å²) in [5, 5.41) is 3.39. The zero-order chi connectivity index (χ0) is 13.0. The number of likely N-dealkylation sites (N-methyl/N-ethyl adjacent to an activating group) is 1. The molecule has 0 aliphatic heterocycles. The van der Waals surface area contributed by atoms with Gasteiger partial charge >= 0.3 is 0 Å². The molecule has 0 saturated heterocycles. The number of hydrogen-bond donors (Lipinski definition) is 1. The van der Waals surface area contributed by atoms with Crippen molar-refractivity contribution >= 4 is 38.5 Å². The van der Waals surface area contributed by atoms with Gasteiger partial charge in [0.2, 0.25) is 0 Å². The van der Waals surface area contributed by atoms with Crippen LogP contribution in [0.15, 0.2) is 53.0 Å². The van der Waals surface area contributed by atoms with Crippen LogP contribution >= 0.6 is 38.5 Å². The minimum atomic E-state index is 0.362. The Balaban J connectivity index is 2.17. The highest BCUT2D eigenvalue weighted by molar-refractivity contribution is 14.1. The normalized spacial score (nSPS) is 12.4. The van der Waals surface area contributed by atoms with Gasteiger partial charge in [-0.15, -0.1) is 0 Å². The quantitative estimate of drug-likeness (QED) is 0.722. The van der Waals surface area contributed by atoms with Crippen molar-refractivity contribution in [3.05, 3.63) is 67.7 Å². The topological polar surface area (TPSA) is 12.0 Å². The van der Waals surface area contributed by atoms with Gasteiger partial charge in [0, 0.05) is 14.1 Å². The van der Waals surface area contributed by atoms with E-state index in [9.17, 15) is 0 Å². The third-order valence-corrected chi connectivity index (χ3v) is 4.15. The van der Waals surface area contributed by atoms with E-state index in [1.807, 2.05) is 7.05 Å². The number of rotatable bonds is 4. The molecule has 2 aromatic rings. The van der Waals surface area contributed by atoms with Crippen molar-refractivity contribution in [1.82, 2.24) is 5.32 Å². The zero-order valence-corrected chi connectivity index (χ0v) is 13.9. The maximum absolute atomic E-state index is 3.47. The van der Waals surface area contributed by atoms with Crippen molar-refractivity contribution in [2.45, 2.75) is 12.5 Å². The molecule has 0 amide bonds. The Hall–Kier alpha value is -0.390. The summed E-state index contributed by atoms with van der Waals surface area (Å²) in [4.78, 5) is 0. The van der Waals surface area contributed by atoms with Gasteiger partial charge in [0.1, 0.15) is 0 Å². The molecule has 0 aliphatic carbocycles. The van der Waals surface area contributed by atoms with Gasteiger partial charge in [-0.25, -0.2) is 0 Å². The molecule has 2 rings (SSSR count). The lowest BCUT2D eigenvalue weighted by Gasteiger charge is -2.17. The van der Waals surface area contributed by atoms with Crippen LogP contribution in [-0.2, 0) is 6.42 Å². The SMILES string of the molecule is CNC(Cc1ccc(Br)cc1)c1cccc(I)c1. The van der Waals surface area contributed by atoms with Crippen LogP contribution in [0.4, 0.5) is 0 Å². The molecule has 3 heteroatoms. The molecule has 0 radical (unpaired) electrons. The molecule has 0 heterocycles. The second-order valence-corrected chi connectivity index (χ2v) is 6.39. The van der Waals surface area contributed by atoms with Crippen molar-refractivity contribution in [2.24, 2.45) is 0 Å². The van der Waals surface area contributed by atoms with Crippen molar-refractivity contribution in [3.8, 4) is 0 Å².